The molecule has 0 aliphatic rings. The molecular weight excluding hydrogens is 217 g/mol. The zero-order chi connectivity index (χ0) is 12.7. The Hall–Kier alpha value is -2.02. The summed E-state index contributed by atoms with van der Waals surface area (Å²) in [6.07, 6.45) is 6.46. The molecule has 0 amide bonds. The van der Waals surface area contributed by atoms with Crippen LogP contribution in [0.1, 0.15) is 24.0 Å². The minimum Gasteiger partial charge on any atom is -0.374 e. The molecule has 0 fully saturated rings. The van der Waals surface area contributed by atoms with E-state index in [1.54, 1.807) is 13.0 Å². The van der Waals surface area contributed by atoms with Crippen molar-refractivity contribution in [3.63, 3.8) is 0 Å². The maximum absolute atomic E-state index is 13.1. The quantitative estimate of drug-likeness (QED) is 0.268. The van der Waals surface area contributed by atoms with Crippen LogP contribution in [0.2, 0.25) is 0 Å². The van der Waals surface area contributed by atoms with Gasteiger partial charge in [-0.2, -0.15) is 5.10 Å². The van der Waals surface area contributed by atoms with Gasteiger partial charge in [-0.3, -0.25) is 0 Å². The summed E-state index contributed by atoms with van der Waals surface area (Å²) < 4.78 is 13.1. The number of nitrogens with zero attached hydrogens (tertiary/aromatic N) is 1. The summed E-state index contributed by atoms with van der Waals surface area (Å²) >= 11 is 0. The molecule has 4 heteroatoms. The molecule has 0 heterocycles. The zero-order valence-corrected chi connectivity index (χ0v) is 10.00. The normalized spacial score (nSPS) is 12.1. The monoisotopic (exact) mass is 233 g/mol. The fraction of sp³-hybridized carbons (Fsp3) is 0.308. The summed E-state index contributed by atoms with van der Waals surface area (Å²) in [7, 11) is 0. The van der Waals surface area contributed by atoms with Crippen LogP contribution >= 0.6 is 0 Å². The third-order valence-corrected chi connectivity index (χ3v) is 2.46. The van der Waals surface area contributed by atoms with Crippen molar-refractivity contribution in [2.24, 2.45) is 5.10 Å². The summed E-state index contributed by atoms with van der Waals surface area (Å²) in [5.41, 5.74) is 4.12. The molecule has 1 aromatic rings. The van der Waals surface area contributed by atoms with Gasteiger partial charge in [0.15, 0.2) is 0 Å². The molecule has 0 spiro atoms. The number of nitrogens with one attached hydrogen (secondary N) is 2. The standard InChI is InChI=1S/C13H16FN3/c1-4-16-17-9-15-8-11(3)12-5-6-13(14)10(2)7-12/h1,5-7,9,11,16H,8H2,2-3H3,(H,15,17). The summed E-state index contributed by atoms with van der Waals surface area (Å²) in [5.74, 6) is 0.0975. The van der Waals surface area contributed by atoms with Crippen LogP contribution in [0.3, 0.4) is 0 Å². The molecule has 0 saturated carbocycles. The minimum absolute atomic E-state index is 0.173. The van der Waals surface area contributed by atoms with Crippen LogP contribution in [0, 0.1) is 25.2 Å². The lowest BCUT2D eigenvalue weighted by Gasteiger charge is -2.12. The van der Waals surface area contributed by atoms with Crippen LogP contribution in [0.4, 0.5) is 4.39 Å². The van der Waals surface area contributed by atoms with Crippen molar-refractivity contribution < 1.29 is 4.39 Å². The maximum Gasteiger partial charge on any atom is 0.126 e. The largest absolute Gasteiger partial charge is 0.374 e. The number of benzene rings is 1. The SMILES string of the molecule is C#CN/N=C/NCC(C)c1ccc(F)c(C)c1. The van der Waals surface area contributed by atoms with Gasteiger partial charge in [0.05, 0.1) is 0 Å². The van der Waals surface area contributed by atoms with Crippen molar-refractivity contribution >= 4 is 6.34 Å². The lowest BCUT2D eigenvalue weighted by atomic mass is 9.99. The van der Waals surface area contributed by atoms with Gasteiger partial charge < -0.3 is 5.32 Å². The van der Waals surface area contributed by atoms with Crippen molar-refractivity contribution in [3.05, 3.63) is 35.1 Å². The van der Waals surface area contributed by atoms with E-state index < -0.39 is 0 Å². The van der Waals surface area contributed by atoms with Gasteiger partial charge in [-0.15, -0.1) is 0 Å². The molecule has 1 aromatic carbocycles. The lowest BCUT2D eigenvalue weighted by Crippen LogP contribution is -2.19. The second-order valence-corrected chi connectivity index (χ2v) is 3.83. The molecule has 0 radical (unpaired) electrons. The van der Waals surface area contributed by atoms with E-state index in [9.17, 15) is 4.39 Å². The van der Waals surface area contributed by atoms with Crippen LogP contribution in [-0.2, 0) is 0 Å². The van der Waals surface area contributed by atoms with E-state index in [4.69, 9.17) is 6.42 Å². The Morgan fingerprint density at radius 2 is 2.35 bits per heavy atom. The summed E-state index contributed by atoms with van der Waals surface area (Å²) in [5, 5.41) is 6.71. The molecule has 0 aliphatic heterocycles. The van der Waals surface area contributed by atoms with E-state index in [0.29, 0.717) is 12.1 Å². The molecule has 90 valence electrons. The van der Waals surface area contributed by atoms with Crippen LogP contribution in [0.25, 0.3) is 0 Å². The highest BCUT2D eigenvalue weighted by molar-refractivity contribution is 5.54. The first kappa shape index (κ1) is 13.0. The van der Waals surface area contributed by atoms with Gasteiger partial charge in [0.2, 0.25) is 0 Å². The van der Waals surface area contributed by atoms with E-state index in [-0.39, 0.29) is 11.7 Å². The number of rotatable bonds is 5. The zero-order valence-electron chi connectivity index (χ0n) is 10.00. The average molecular weight is 233 g/mol. The van der Waals surface area contributed by atoms with Crippen LogP contribution in [0.5, 0.6) is 0 Å². The first-order chi connectivity index (χ1) is 8.15. The van der Waals surface area contributed by atoms with Crippen molar-refractivity contribution in [1.29, 1.82) is 0 Å². The van der Waals surface area contributed by atoms with E-state index in [0.717, 1.165) is 5.56 Å². The van der Waals surface area contributed by atoms with Gasteiger partial charge in [-0.05, 0) is 30.0 Å². The number of halogens is 1. The van der Waals surface area contributed by atoms with Gasteiger partial charge in [0.1, 0.15) is 12.2 Å². The number of hydrazone groups is 1. The number of terminal acetylenes is 1. The highest BCUT2D eigenvalue weighted by atomic mass is 19.1. The van der Waals surface area contributed by atoms with Crippen molar-refractivity contribution in [2.75, 3.05) is 6.54 Å². The van der Waals surface area contributed by atoms with Crippen LogP contribution in [-0.4, -0.2) is 12.9 Å². The lowest BCUT2D eigenvalue weighted by molar-refractivity contribution is 0.615. The third kappa shape index (κ3) is 4.15. The smallest absolute Gasteiger partial charge is 0.126 e. The van der Waals surface area contributed by atoms with Crippen molar-refractivity contribution in [1.82, 2.24) is 10.7 Å². The molecule has 2 N–H and O–H groups in total. The third-order valence-electron chi connectivity index (χ3n) is 2.46. The van der Waals surface area contributed by atoms with Gasteiger partial charge >= 0.3 is 0 Å². The second kappa shape index (κ2) is 6.54. The average Bonchev–Trinajstić information content (AvgIpc) is 2.32. The Labute approximate surface area is 101 Å². The molecule has 3 nitrogen and oxygen atoms in total. The molecule has 0 saturated heterocycles. The number of hydrogen-bond donors (Lipinski definition) is 2. The van der Waals surface area contributed by atoms with E-state index in [1.165, 1.54) is 12.4 Å². The fourth-order valence-corrected chi connectivity index (χ4v) is 1.44. The first-order valence-corrected chi connectivity index (χ1v) is 5.36. The number of hydrogen-bond acceptors (Lipinski definition) is 2. The molecule has 0 bridgehead atoms. The van der Waals surface area contributed by atoms with Crippen molar-refractivity contribution in [2.45, 2.75) is 19.8 Å². The predicted molar refractivity (Wildman–Crippen MR) is 68.0 cm³/mol. The summed E-state index contributed by atoms with van der Waals surface area (Å²) in [6, 6.07) is 7.32. The van der Waals surface area contributed by atoms with Crippen molar-refractivity contribution in [3.8, 4) is 12.5 Å². The maximum atomic E-state index is 13.1. The second-order valence-electron chi connectivity index (χ2n) is 3.83. The Morgan fingerprint density at radius 3 is 3.00 bits per heavy atom. The fourth-order valence-electron chi connectivity index (χ4n) is 1.44. The molecule has 1 rings (SSSR count). The first-order valence-electron chi connectivity index (χ1n) is 5.36. The summed E-state index contributed by atoms with van der Waals surface area (Å²) in [4.78, 5) is 0. The molecular formula is C13H16FN3. The van der Waals surface area contributed by atoms with E-state index >= 15 is 0 Å². The topological polar surface area (TPSA) is 36.4 Å². The van der Waals surface area contributed by atoms with Crippen LogP contribution in [0.15, 0.2) is 23.3 Å². The Bertz CT molecular complexity index is 435. The van der Waals surface area contributed by atoms with Gasteiger partial charge in [0, 0.05) is 12.6 Å². The molecule has 0 aromatic heterocycles. The van der Waals surface area contributed by atoms with Crippen LogP contribution < -0.4 is 10.7 Å². The highest BCUT2D eigenvalue weighted by Crippen LogP contribution is 2.17. The van der Waals surface area contributed by atoms with E-state index in [1.807, 2.05) is 6.07 Å². The van der Waals surface area contributed by atoms with E-state index in [2.05, 4.69) is 28.8 Å². The molecule has 1 atom stereocenters. The minimum atomic E-state index is -0.173. The molecule has 1 unspecified atom stereocenters. The highest BCUT2D eigenvalue weighted by Gasteiger charge is 2.06. The molecule has 0 aliphatic carbocycles. The predicted octanol–water partition coefficient (Wildman–Crippen LogP) is 1.95. The van der Waals surface area contributed by atoms with Gasteiger partial charge in [-0.25, -0.2) is 9.82 Å². The summed E-state index contributed by atoms with van der Waals surface area (Å²) in [6.45, 7) is 4.53. The number of aryl methyl sites for hydroxylation is 1. The van der Waals surface area contributed by atoms with Gasteiger partial charge in [0.25, 0.3) is 0 Å². The Balaban J connectivity index is 2.50. The Morgan fingerprint density at radius 1 is 1.59 bits per heavy atom. The molecule has 17 heavy (non-hydrogen) atoms. The Kier molecular flexibility index (Phi) is 5.02. The van der Waals surface area contributed by atoms with Gasteiger partial charge in [-0.1, -0.05) is 25.5 Å².